The Balaban J connectivity index is 0.000000145. The molecule has 0 heterocycles. The van der Waals surface area contributed by atoms with Crippen molar-refractivity contribution in [2.45, 2.75) is 481 Å². The Hall–Kier alpha value is -6.12. The normalized spacial score (nSPS) is 31.4. The van der Waals surface area contributed by atoms with E-state index in [1.54, 1.807) is 48.5 Å². The topological polar surface area (TPSA) is 27.7 Å². The lowest BCUT2D eigenvalue weighted by Crippen LogP contribution is -2.25. The highest BCUT2D eigenvalue weighted by Crippen LogP contribution is 2.53. The monoisotopic (exact) mass is 2010 g/mol. The van der Waals surface area contributed by atoms with Crippen molar-refractivity contribution in [2.24, 2.45) is 107 Å². The van der Waals surface area contributed by atoms with Crippen LogP contribution in [0.25, 0.3) is 0 Å². The maximum absolute atomic E-state index is 13.1. The van der Waals surface area contributed by atoms with Crippen molar-refractivity contribution in [2.75, 3.05) is 0 Å². The van der Waals surface area contributed by atoms with Crippen LogP contribution in [0.15, 0.2) is 146 Å². The molecule has 0 saturated heterocycles. The van der Waals surface area contributed by atoms with E-state index in [0.717, 1.165) is 136 Å². The largest absolute Gasteiger partial charge is 0.573 e. The predicted octanol–water partition coefficient (Wildman–Crippen LogP) is 42.5. The number of ether oxygens (including phenoxy) is 3. The molecular formula is C129H186F12O3. The van der Waals surface area contributed by atoms with E-state index < -0.39 is 19.1 Å². The third kappa shape index (κ3) is 38.1. The van der Waals surface area contributed by atoms with Gasteiger partial charge in [-0.25, -0.2) is 13.2 Å². The Labute approximate surface area is 863 Å². The maximum atomic E-state index is 13.1. The van der Waals surface area contributed by atoms with Crippen molar-refractivity contribution in [3.8, 4) is 17.2 Å². The van der Waals surface area contributed by atoms with Crippen LogP contribution in [0.2, 0.25) is 0 Å². The van der Waals surface area contributed by atoms with Gasteiger partial charge in [0.2, 0.25) is 0 Å². The molecule has 3 nitrogen and oxygen atoms in total. The van der Waals surface area contributed by atoms with Crippen LogP contribution in [0.4, 0.5) is 52.7 Å². The first-order valence-electron chi connectivity index (χ1n) is 59.4. The fourth-order valence-corrected chi connectivity index (χ4v) is 30.3. The molecule has 0 aromatic heterocycles. The molecule has 0 bridgehead atoms. The van der Waals surface area contributed by atoms with Crippen LogP contribution < -0.4 is 14.2 Å². The summed E-state index contributed by atoms with van der Waals surface area (Å²) in [6.45, 7) is 13.9. The van der Waals surface area contributed by atoms with Crippen molar-refractivity contribution in [3.63, 3.8) is 0 Å². The Morgan fingerprint density at radius 2 is 0.326 bits per heavy atom. The van der Waals surface area contributed by atoms with E-state index in [-0.39, 0.29) is 34.7 Å². The number of hydrogen-bond donors (Lipinski definition) is 0. The van der Waals surface area contributed by atoms with Crippen LogP contribution in [0.5, 0.6) is 17.2 Å². The van der Waals surface area contributed by atoms with Crippen LogP contribution in [0.1, 0.15) is 496 Å². The predicted molar refractivity (Wildman–Crippen MR) is 569 cm³/mol. The van der Waals surface area contributed by atoms with Gasteiger partial charge in [0.25, 0.3) is 0 Å². The summed E-state index contributed by atoms with van der Waals surface area (Å²) in [7, 11) is 0. The third-order valence-corrected chi connectivity index (χ3v) is 39.2. The molecule has 144 heavy (non-hydrogen) atoms. The maximum Gasteiger partial charge on any atom is 0.573 e. The summed E-state index contributed by atoms with van der Waals surface area (Å²) in [4.78, 5) is 0. The third-order valence-electron chi connectivity index (χ3n) is 39.2. The molecule has 0 spiro atoms. The summed E-state index contributed by atoms with van der Waals surface area (Å²) in [5, 5.41) is 0. The smallest absolute Gasteiger partial charge is 0.406 e. The lowest BCUT2D eigenvalue weighted by Gasteiger charge is -2.38. The molecule has 12 saturated carbocycles. The average molecular weight is 2010 g/mol. The van der Waals surface area contributed by atoms with E-state index in [0.29, 0.717) is 35.5 Å². The van der Waals surface area contributed by atoms with Gasteiger partial charge < -0.3 is 14.2 Å². The molecule has 6 aromatic rings. The molecule has 0 unspecified atom stereocenters. The highest BCUT2D eigenvalue weighted by molar-refractivity contribution is 5.33. The molecule has 0 aliphatic heterocycles. The number of halogens is 12. The summed E-state index contributed by atoms with van der Waals surface area (Å²) in [5.74, 6) is 20.0. The van der Waals surface area contributed by atoms with Crippen molar-refractivity contribution in [3.05, 3.63) is 196 Å². The van der Waals surface area contributed by atoms with Gasteiger partial charge in [-0.3, -0.25) is 0 Å². The van der Waals surface area contributed by atoms with Crippen LogP contribution in [-0.2, 0) is 0 Å². The number of benzene rings is 6. The molecule has 0 radical (unpaired) electrons. The summed E-state index contributed by atoms with van der Waals surface area (Å²) in [5.41, 5.74) is 7.53. The zero-order chi connectivity index (χ0) is 102. The molecule has 6 aromatic carbocycles. The molecule has 804 valence electrons. The van der Waals surface area contributed by atoms with Crippen LogP contribution in [0.3, 0.4) is 0 Å². The minimum atomic E-state index is -4.62. The zero-order valence-electron chi connectivity index (χ0n) is 89.4. The standard InChI is InChI=1S/C23H33F3O.C22H31F3O.C22H33F.C21H29F3O.C21H31F.C20H29F/c1-2-3-4-17-5-7-18(8-6-17)19-9-11-20(12-10-19)21-13-15-22(16-14-21)27-23(24,25)26;1-2-3-16-4-6-17(7-5-16)18-8-10-19(11-9-18)20-12-14-21(15-13-20)26-22(23,24)25;1-2-3-4-17-5-7-18(8-6-17)19-9-11-20(12-10-19)21-13-15-22(23)16-14-21;1-2-15-3-5-16(6-4-15)17-7-9-18(10-8-17)19-11-13-20(14-12-19)25-21(22,23)24;1-2-3-16-4-6-17(7-5-16)18-8-10-19(11-9-18)20-12-14-21(22)15-13-20;1-2-15-3-5-16(6-4-15)17-7-9-18(10-8-17)19-11-13-20(21)14-12-19/h13-20H,2-12H2,1H3;12-19H,2-11H2,1H3;13-20H,2-12H2,1H3;11-18H,2-10H2,1H3;12-19H,2-11H2,1H3;11-18H,2-10H2,1H3. The first-order valence-corrected chi connectivity index (χ1v) is 59.4. The molecule has 0 atom stereocenters. The summed E-state index contributed by atoms with van der Waals surface area (Å²) >= 11 is 0. The first kappa shape index (κ1) is 115. The van der Waals surface area contributed by atoms with E-state index in [1.807, 2.05) is 60.7 Å². The van der Waals surface area contributed by atoms with Gasteiger partial charge in [-0.05, 0) is 479 Å². The number of rotatable bonds is 27. The number of unbranched alkanes of at least 4 members (excludes halogenated alkanes) is 2. The van der Waals surface area contributed by atoms with Gasteiger partial charge in [0, 0.05) is 0 Å². The van der Waals surface area contributed by atoms with Crippen molar-refractivity contribution in [1.82, 2.24) is 0 Å². The minimum Gasteiger partial charge on any atom is -0.406 e. The number of hydrogen-bond acceptors (Lipinski definition) is 3. The Morgan fingerprint density at radius 1 is 0.181 bits per heavy atom. The molecule has 12 aliphatic rings. The zero-order valence-corrected chi connectivity index (χ0v) is 89.4. The van der Waals surface area contributed by atoms with Crippen molar-refractivity contribution in [1.29, 1.82) is 0 Å². The van der Waals surface area contributed by atoms with Crippen molar-refractivity contribution < 1.29 is 66.9 Å². The molecule has 15 heteroatoms. The first-order chi connectivity index (χ1) is 69.6. The summed E-state index contributed by atoms with van der Waals surface area (Å²) in [6, 6.07) is 41.2. The van der Waals surface area contributed by atoms with Crippen LogP contribution in [-0.4, -0.2) is 19.1 Å². The van der Waals surface area contributed by atoms with Crippen LogP contribution >= 0.6 is 0 Å². The number of alkyl halides is 9. The quantitative estimate of drug-likeness (QED) is 0.0481. The lowest BCUT2D eigenvalue weighted by atomic mass is 9.68. The van der Waals surface area contributed by atoms with Gasteiger partial charge in [0.05, 0.1) is 0 Å². The molecule has 0 amide bonds. The van der Waals surface area contributed by atoms with Gasteiger partial charge in [0.15, 0.2) is 0 Å². The lowest BCUT2D eigenvalue weighted by molar-refractivity contribution is -0.275. The van der Waals surface area contributed by atoms with E-state index in [2.05, 4.69) is 55.8 Å². The Bertz CT molecular complexity index is 4370. The van der Waals surface area contributed by atoms with Crippen LogP contribution in [0, 0.1) is 124 Å². The highest BCUT2D eigenvalue weighted by atomic mass is 19.4. The Kier molecular flexibility index (Phi) is 47.2. The average Bonchev–Trinajstić information content (AvgIpc) is 0.823. The van der Waals surface area contributed by atoms with E-state index in [9.17, 15) is 52.7 Å². The summed E-state index contributed by atoms with van der Waals surface area (Å²) in [6.07, 6.45) is 68.3. The Morgan fingerprint density at radius 3 is 0.472 bits per heavy atom. The minimum absolute atomic E-state index is 0.109. The second kappa shape index (κ2) is 59.0. The fourth-order valence-electron chi connectivity index (χ4n) is 30.3. The second-order valence-corrected chi connectivity index (χ2v) is 48.0. The van der Waals surface area contributed by atoms with E-state index in [4.69, 9.17) is 0 Å². The molecular weight excluding hydrogens is 1830 g/mol. The van der Waals surface area contributed by atoms with Gasteiger partial charge in [-0.2, -0.15) is 0 Å². The van der Waals surface area contributed by atoms with Gasteiger partial charge in [-0.1, -0.05) is 268 Å². The second-order valence-electron chi connectivity index (χ2n) is 48.0. The van der Waals surface area contributed by atoms with Crippen molar-refractivity contribution >= 4 is 0 Å². The van der Waals surface area contributed by atoms with Gasteiger partial charge in [0.1, 0.15) is 34.7 Å². The van der Waals surface area contributed by atoms with E-state index in [1.165, 1.54) is 425 Å². The van der Waals surface area contributed by atoms with Gasteiger partial charge >= 0.3 is 19.1 Å². The molecule has 0 N–H and O–H groups in total. The highest BCUT2D eigenvalue weighted by Gasteiger charge is 2.41. The fraction of sp³-hybridized carbons (Fsp3) is 0.721. The molecule has 12 fully saturated rings. The molecule has 12 aliphatic carbocycles. The SMILES string of the molecule is CCC1CCC(C2CCC(c3ccc(F)cc3)CC2)CC1.CCC1CCC(C2CCC(c3ccc(OC(F)(F)F)cc3)CC2)CC1.CCCC1CCC(C2CCC(c3ccc(F)cc3)CC2)CC1.CCCC1CCC(C2CCC(c3ccc(OC(F)(F)F)cc3)CC2)CC1.CCCCC1CCC(C2CCC(c3ccc(F)cc3)CC2)CC1.CCCCC1CCC(C2CCC(c3ccc(OC(F)(F)F)cc3)CC2)CC1. The van der Waals surface area contributed by atoms with Gasteiger partial charge in [-0.15, -0.1) is 39.5 Å². The van der Waals surface area contributed by atoms with E-state index >= 15 is 0 Å². The molecule has 18 rings (SSSR count). The summed E-state index contributed by atoms with van der Waals surface area (Å²) < 4.78 is 161.